The molecule has 6 heterocycles. The number of nitrogens with one attached hydrogen (secondary N) is 1. The van der Waals surface area contributed by atoms with E-state index in [1.54, 1.807) is 23.1 Å². The molecule has 4 aromatic rings. The first-order valence-corrected chi connectivity index (χ1v) is 20.1. The van der Waals surface area contributed by atoms with Gasteiger partial charge in [-0.3, -0.25) is 9.69 Å². The third-order valence-electron chi connectivity index (χ3n) is 12.7. The molecule has 4 saturated heterocycles. The largest absolute Gasteiger partial charge is 0.472 e. The van der Waals surface area contributed by atoms with Crippen molar-refractivity contribution in [2.45, 2.75) is 101 Å². The summed E-state index contributed by atoms with van der Waals surface area (Å²) in [6.45, 7) is 0.841. The predicted octanol–water partition coefficient (Wildman–Crippen LogP) is 8.44. The van der Waals surface area contributed by atoms with Gasteiger partial charge >= 0.3 is 6.61 Å². The fraction of sp³-hybridized carbons (Fsp3) is 0.537. The Morgan fingerprint density at radius 2 is 1.98 bits per heavy atom. The number of likely N-dealkylation sites (tertiary alicyclic amines) is 2. The summed E-state index contributed by atoms with van der Waals surface area (Å²) in [4.78, 5) is 22.9. The van der Waals surface area contributed by atoms with E-state index in [1.807, 2.05) is 19.1 Å². The standard InChI is InChI=1S/C41H43Cl2F3N6O3/c1-20(30-9-5-13-50(30)2)54-39-27-17-32(31-16-24(55-41(45)46)19-51(31)40(53)21-10-11-21)52(37-23-15-29(37)48-18-23)38(27)26-14-22(6-4-12-47)33(35(44)36(26)49-39)25-7-3-8-28(42)34(25)43/h3,7-8,14,17,20-21,23-24,29-31,37,41,48H,4-6,9-11,13,15-16,18-19H2,1-2H3/t20-,23+,24-,29+,30-,31+,37-/m0/s1. The first-order chi connectivity index (χ1) is 26.5. The Balaban J connectivity index is 1.32. The number of hydrogen-bond acceptors (Lipinski definition) is 7. The highest BCUT2D eigenvalue weighted by atomic mass is 35.5. The highest BCUT2D eigenvalue weighted by molar-refractivity contribution is 6.43. The Morgan fingerprint density at radius 3 is 2.65 bits per heavy atom. The summed E-state index contributed by atoms with van der Waals surface area (Å²) in [5.74, 6) is -0.256. The molecule has 0 spiro atoms. The second kappa shape index (κ2) is 14.4. The molecule has 0 unspecified atom stereocenters. The molecule has 10 rings (SSSR count). The lowest BCUT2D eigenvalue weighted by molar-refractivity contribution is -0.160. The maximum atomic E-state index is 17.6. The van der Waals surface area contributed by atoms with Crippen LogP contribution < -0.4 is 10.1 Å². The summed E-state index contributed by atoms with van der Waals surface area (Å²) in [7, 11) is 2.07. The summed E-state index contributed by atoms with van der Waals surface area (Å²) in [5.41, 5.74) is 2.78. The van der Waals surface area contributed by atoms with Gasteiger partial charge in [-0.2, -0.15) is 14.0 Å². The zero-order chi connectivity index (χ0) is 38.3. The van der Waals surface area contributed by atoms with Crippen molar-refractivity contribution in [2.24, 2.45) is 11.8 Å². The smallest absolute Gasteiger partial charge is 0.345 e. The van der Waals surface area contributed by atoms with Gasteiger partial charge in [0.25, 0.3) is 0 Å². The lowest BCUT2D eigenvalue weighted by Crippen LogP contribution is -2.41. The number of carbonyl (C=O) groups excluding carboxylic acids is 1. The van der Waals surface area contributed by atoms with Gasteiger partial charge in [0.1, 0.15) is 11.6 Å². The zero-order valence-electron chi connectivity index (χ0n) is 30.7. The lowest BCUT2D eigenvalue weighted by atomic mass is 9.79. The molecular weight excluding hydrogens is 752 g/mol. The number of benzene rings is 2. The van der Waals surface area contributed by atoms with Crippen LogP contribution in [0.25, 0.3) is 32.9 Å². The van der Waals surface area contributed by atoms with Crippen LogP contribution in [0.2, 0.25) is 10.0 Å². The monoisotopic (exact) mass is 794 g/mol. The van der Waals surface area contributed by atoms with E-state index in [2.05, 4.69) is 27.9 Å². The number of alkyl halides is 2. The van der Waals surface area contributed by atoms with E-state index >= 15 is 4.39 Å². The van der Waals surface area contributed by atoms with Gasteiger partial charge in [-0.15, -0.1) is 0 Å². The van der Waals surface area contributed by atoms with Crippen LogP contribution in [-0.4, -0.2) is 82.8 Å². The number of fused-ring (bicyclic) bond motifs is 4. The van der Waals surface area contributed by atoms with Crippen LogP contribution in [0.5, 0.6) is 5.88 Å². The number of nitriles is 1. The van der Waals surface area contributed by atoms with Crippen molar-refractivity contribution >= 4 is 50.9 Å². The van der Waals surface area contributed by atoms with Crippen LogP contribution >= 0.6 is 23.2 Å². The number of amides is 1. The number of carbonyl (C=O) groups is 1. The molecule has 2 saturated carbocycles. The van der Waals surface area contributed by atoms with Gasteiger partial charge in [0, 0.05) is 66.1 Å². The zero-order valence-corrected chi connectivity index (χ0v) is 32.2. The Labute approximate surface area is 327 Å². The Hall–Kier alpha value is -3.60. The topological polar surface area (TPSA) is 95.6 Å². The number of pyridine rings is 1. The van der Waals surface area contributed by atoms with Gasteiger partial charge in [0.15, 0.2) is 5.82 Å². The highest BCUT2D eigenvalue weighted by Gasteiger charge is 2.51. The first kappa shape index (κ1) is 37.0. The minimum absolute atomic E-state index is 0.0371. The molecule has 290 valence electrons. The molecule has 1 amide bonds. The SMILES string of the molecule is C[C@H](Oc1nc2c(F)c(-c3cccc(Cl)c3Cl)c(CCC#N)cc2c2c1cc([C@H]1C[C@H](OC(F)F)CN1C(=O)C1CC1)n2[C@H]1[C@H]2CN[C@@H]1C2)[C@@H]1CCCN1C. The van der Waals surface area contributed by atoms with Crippen molar-refractivity contribution in [3.63, 3.8) is 0 Å². The number of aromatic nitrogens is 2. The van der Waals surface area contributed by atoms with Crippen molar-refractivity contribution in [1.29, 1.82) is 5.26 Å². The third-order valence-corrected chi connectivity index (χ3v) is 13.6. The molecule has 55 heavy (non-hydrogen) atoms. The van der Waals surface area contributed by atoms with Gasteiger partial charge in [-0.1, -0.05) is 35.3 Å². The van der Waals surface area contributed by atoms with E-state index in [4.69, 9.17) is 37.7 Å². The highest BCUT2D eigenvalue weighted by Crippen LogP contribution is 2.52. The summed E-state index contributed by atoms with van der Waals surface area (Å²) < 4.78 is 59.2. The second-order valence-electron chi connectivity index (χ2n) is 16.0. The van der Waals surface area contributed by atoms with Gasteiger partial charge in [-0.25, -0.2) is 9.37 Å². The number of likely N-dealkylation sites (N-methyl/N-ethyl adjacent to an activating group) is 1. The summed E-state index contributed by atoms with van der Waals surface area (Å²) in [6, 6.07) is 10.8. The van der Waals surface area contributed by atoms with Gasteiger partial charge < -0.3 is 24.3 Å². The molecule has 6 aliphatic rings. The van der Waals surface area contributed by atoms with Crippen molar-refractivity contribution in [3.8, 4) is 23.1 Å². The van der Waals surface area contributed by atoms with E-state index in [0.29, 0.717) is 27.4 Å². The maximum absolute atomic E-state index is 17.6. The summed E-state index contributed by atoms with van der Waals surface area (Å²) in [6.07, 6.45) is 3.91. The fourth-order valence-corrected chi connectivity index (χ4v) is 10.3. The second-order valence-corrected chi connectivity index (χ2v) is 16.8. The van der Waals surface area contributed by atoms with Crippen molar-refractivity contribution in [3.05, 3.63) is 57.5 Å². The summed E-state index contributed by atoms with van der Waals surface area (Å²) >= 11 is 13.2. The molecule has 2 aliphatic carbocycles. The molecule has 2 aromatic carbocycles. The fourth-order valence-electron chi connectivity index (χ4n) is 9.92. The predicted molar refractivity (Wildman–Crippen MR) is 204 cm³/mol. The minimum atomic E-state index is -2.97. The van der Waals surface area contributed by atoms with E-state index in [1.165, 1.54) is 0 Å². The average Bonchev–Trinajstić information content (AvgIpc) is 3.58. The molecular formula is C41H43Cl2F3N6O3. The van der Waals surface area contributed by atoms with Gasteiger partial charge in [-0.05, 0) is 88.7 Å². The molecule has 7 atom stereocenters. The van der Waals surface area contributed by atoms with Crippen LogP contribution in [-0.2, 0) is 16.0 Å². The lowest BCUT2D eigenvalue weighted by Gasteiger charge is -2.39. The molecule has 1 N–H and O–H groups in total. The van der Waals surface area contributed by atoms with E-state index in [-0.39, 0.29) is 94.8 Å². The minimum Gasteiger partial charge on any atom is -0.472 e. The molecule has 14 heteroatoms. The molecule has 6 fully saturated rings. The molecule has 9 nitrogen and oxygen atoms in total. The number of aryl methyl sites for hydroxylation is 1. The van der Waals surface area contributed by atoms with Crippen molar-refractivity contribution in [2.75, 3.05) is 26.7 Å². The van der Waals surface area contributed by atoms with Crippen LogP contribution in [0, 0.1) is 29.0 Å². The van der Waals surface area contributed by atoms with Crippen molar-refractivity contribution < 1.29 is 27.4 Å². The van der Waals surface area contributed by atoms with Crippen LogP contribution in [0.1, 0.15) is 75.2 Å². The third kappa shape index (κ3) is 6.35. The van der Waals surface area contributed by atoms with Crippen LogP contribution in [0.15, 0.2) is 30.3 Å². The van der Waals surface area contributed by atoms with E-state index in [0.717, 1.165) is 50.9 Å². The number of hydrogen-bond donors (Lipinski definition) is 1. The Kier molecular flexibility index (Phi) is 9.69. The first-order valence-electron chi connectivity index (χ1n) is 19.4. The Bertz CT molecular complexity index is 2210. The summed E-state index contributed by atoms with van der Waals surface area (Å²) in [5, 5.41) is 15.0. The molecule has 0 radical (unpaired) electrons. The van der Waals surface area contributed by atoms with Crippen LogP contribution in [0.4, 0.5) is 13.2 Å². The number of rotatable bonds is 11. The normalized spacial score (nSPS) is 27.0. The number of nitrogens with zero attached hydrogens (tertiary/aromatic N) is 5. The van der Waals surface area contributed by atoms with Crippen LogP contribution in [0.3, 0.4) is 0 Å². The number of halogens is 5. The molecule has 2 bridgehead atoms. The number of ether oxygens (including phenoxy) is 2. The Morgan fingerprint density at radius 1 is 1.16 bits per heavy atom. The van der Waals surface area contributed by atoms with Gasteiger partial charge in [0.2, 0.25) is 11.8 Å². The molecule has 4 aliphatic heterocycles. The van der Waals surface area contributed by atoms with Gasteiger partial charge in [0.05, 0.1) is 45.2 Å². The quantitative estimate of drug-likeness (QED) is 0.163. The molecule has 2 aromatic heterocycles. The van der Waals surface area contributed by atoms with E-state index < -0.39 is 24.6 Å². The van der Waals surface area contributed by atoms with E-state index in [9.17, 15) is 18.8 Å². The maximum Gasteiger partial charge on any atom is 0.345 e. The van der Waals surface area contributed by atoms with Crippen molar-refractivity contribution in [1.82, 2.24) is 24.7 Å². The average molecular weight is 796 g/mol.